The highest BCUT2D eigenvalue weighted by Crippen LogP contribution is 2.35. The molecule has 0 aliphatic heterocycles. The van der Waals surface area contributed by atoms with Crippen LogP contribution in [0.2, 0.25) is 0 Å². The highest BCUT2D eigenvalue weighted by atomic mass is 32.2. The van der Waals surface area contributed by atoms with E-state index >= 15 is 0 Å². The van der Waals surface area contributed by atoms with Gasteiger partial charge in [0.2, 0.25) is 0 Å². The third-order valence-corrected chi connectivity index (χ3v) is 8.02. The molecule has 2 aliphatic rings. The van der Waals surface area contributed by atoms with Gasteiger partial charge < -0.3 is 5.32 Å². The van der Waals surface area contributed by atoms with E-state index in [1.165, 1.54) is 17.1 Å². The number of hydrogen-bond acceptors (Lipinski definition) is 7. The summed E-state index contributed by atoms with van der Waals surface area (Å²) in [5.74, 6) is -0.292. The van der Waals surface area contributed by atoms with Crippen molar-refractivity contribution in [2.75, 3.05) is 5.32 Å². The first-order valence-electron chi connectivity index (χ1n) is 9.05. The van der Waals surface area contributed by atoms with Crippen LogP contribution in [0.5, 0.6) is 0 Å². The van der Waals surface area contributed by atoms with Crippen LogP contribution in [0.4, 0.5) is 9.52 Å². The molecular formula is C17H19FN4O4S2. The Bertz CT molecular complexity index is 1010. The molecule has 28 heavy (non-hydrogen) atoms. The van der Waals surface area contributed by atoms with E-state index < -0.39 is 26.9 Å². The van der Waals surface area contributed by atoms with Crippen LogP contribution in [-0.2, 0) is 19.4 Å². The number of halogens is 1. The molecule has 1 amide bonds. The van der Waals surface area contributed by atoms with E-state index in [1.54, 1.807) is 0 Å². The number of ketones is 1. The van der Waals surface area contributed by atoms with Crippen LogP contribution in [0, 0.1) is 11.0 Å². The molecule has 0 saturated heterocycles. The first-order valence-corrected chi connectivity index (χ1v) is 11.4. The molecular weight excluding hydrogens is 407 g/mol. The summed E-state index contributed by atoms with van der Waals surface area (Å²) < 4.78 is 39.4. The second-order valence-electron chi connectivity index (χ2n) is 7.26. The maximum atomic E-state index is 13.2. The van der Waals surface area contributed by atoms with Crippen molar-refractivity contribution in [3.63, 3.8) is 0 Å². The van der Waals surface area contributed by atoms with Crippen LogP contribution in [0.3, 0.4) is 0 Å². The SMILES string of the molecule is O=C1CC[C@H](C[C@H](C(=O)Nc2ncc(F)s2)n2cc(S(=O)(=O)C3CC3)cn2)C1. The van der Waals surface area contributed by atoms with Crippen LogP contribution in [0.15, 0.2) is 23.5 Å². The van der Waals surface area contributed by atoms with Crippen LogP contribution in [-0.4, -0.2) is 40.1 Å². The van der Waals surface area contributed by atoms with Gasteiger partial charge in [0.05, 0.1) is 17.6 Å². The summed E-state index contributed by atoms with van der Waals surface area (Å²) in [6.07, 6.45) is 6.82. The summed E-state index contributed by atoms with van der Waals surface area (Å²) in [5.41, 5.74) is 0. The van der Waals surface area contributed by atoms with E-state index in [9.17, 15) is 22.4 Å². The van der Waals surface area contributed by atoms with Crippen molar-refractivity contribution >= 4 is 38.0 Å². The predicted octanol–water partition coefficient (Wildman–Crippen LogP) is 2.35. The van der Waals surface area contributed by atoms with Crippen molar-refractivity contribution in [2.24, 2.45) is 5.92 Å². The molecule has 4 rings (SSSR count). The smallest absolute Gasteiger partial charge is 0.251 e. The Morgan fingerprint density at radius 3 is 2.75 bits per heavy atom. The van der Waals surface area contributed by atoms with Gasteiger partial charge in [0.1, 0.15) is 16.7 Å². The molecule has 1 N–H and O–H groups in total. The van der Waals surface area contributed by atoms with Crippen molar-refractivity contribution in [1.29, 1.82) is 0 Å². The van der Waals surface area contributed by atoms with E-state index in [0.29, 0.717) is 49.9 Å². The fourth-order valence-electron chi connectivity index (χ4n) is 3.45. The number of nitrogens with one attached hydrogen (secondary N) is 1. The van der Waals surface area contributed by atoms with Gasteiger partial charge in [0.15, 0.2) is 20.1 Å². The molecule has 2 aromatic rings. The summed E-state index contributed by atoms with van der Waals surface area (Å²) in [4.78, 5) is 28.3. The second-order valence-corrected chi connectivity index (χ2v) is 10.5. The number of nitrogens with zero attached hydrogens (tertiary/aromatic N) is 3. The van der Waals surface area contributed by atoms with E-state index in [4.69, 9.17) is 0 Å². The zero-order valence-corrected chi connectivity index (χ0v) is 16.5. The minimum Gasteiger partial charge on any atom is -0.300 e. The first kappa shape index (κ1) is 19.2. The number of thiazole rings is 1. The second kappa shape index (κ2) is 7.36. The van der Waals surface area contributed by atoms with Gasteiger partial charge in [0.25, 0.3) is 5.91 Å². The van der Waals surface area contributed by atoms with Crippen molar-refractivity contribution < 1.29 is 22.4 Å². The van der Waals surface area contributed by atoms with Crippen molar-refractivity contribution in [3.05, 3.63) is 23.7 Å². The summed E-state index contributed by atoms with van der Waals surface area (Å²) in [5, 5.41) is 5.91. The molecule has 0 spiro atoms. The lowest BCUT2D eigenvalue weighted by molar-refractivity contribution is -0.121. The number of Topliss-reactive ketones (excluding diaryl/α,β-unsaturated/α-hetero) is 1. The maximum Gasteiger partial charge on any atom is 0.251 e. The average Bonchev–Trinajstić information content (AvgIpc) is 3.04. The van der Waals surface area contributed by atoms with Crippen LogP contribution < -0.4 is 5.32 Å². The lowest BCUT2D eigenvalue weighted by Gasteiger charge is -2.19. The molecule has 2 saturated carbocycles. The lowest BCUT2D eigenvalue weighted by atomic mass is 9.98. The van der Waals surface area contributed by atoms with Gasteiger partial charge in [-0.05, 0) is 31.6 Å². The van der Waals surface area contributed by atoms with Crippen molar-refractivity contribution in [1.82, 2.24) is 14.8 Å². The standard InChI is InChI=1S/C17H19FN4O4S2/c18-15-8-19-17(27-15)21-16(24)14(6-10-1-2-11(23)5-10)22-9-13(7-20-22)28(25,26)12-3-4-12/h7-10,12,14H,1-6H2,(H,19,21,24)/t10-,14+/m0/s1. The Hall–Kier alpha value is -2.14. The summed E-state index contributed by atoms with van der Waals surface area (Å²) >= 11 is 0.704. The van der Waals surface area contributed by atoms with E-state index in [2.05, 4.69) is 15.4 Å². The topological polar surface area (TPSA) is 111 Å². The summed E-state index contributed by atoms with van der Waals surface area (Å²) in [6, 6.07) is -0.814. The Kier molecular flexibility index (Phi) is 5.04. The third-order valence-electron chi connectivity index (χ3n) is 5.10. The molecule has 0 radical (unpaired) electrons. The van der Waals surface area contributed by atoms with E-state index in [0.717, 1.165) is 6.20 Å². The fraction of sp³-hybridized carbons (Fsp3) is 0.529. The summed E-state index contributed by atoms with van der Waals surface area (Å²) in [6.45, 7) is 0. The largest absolute Gasteiger partial charge is 0.300 e. The molecule has 0 bridgehead atoms. The Morgan fingerprint density at radius 1 is 1.36 bits per heavy atom. The zero-order valence-electron chi connectivity index (χ0n) is 14.9. The summed E-state index contributed by atoms with van der Waals surface area (Å²) in [7, 11) is -3.42. The fourth-order valence-corrected chi connectivity index (χ4v) is 5.59. The van der Waals surface area contributed by atoms with E-state index in [1.807, 2.05) is 0 Å². The molecule has 2 atom stereocenters. The minimum atomic E-state index is -3.42. The molecule has 0 aromatic carbocycles. The lowest BCUT2D eigenvalue weighted by Crippen LogP contribution is -2.28. The van der Waals surface area contributed by atoms with Gasteiger partial charge in [-0.15, -0.1) is 0 Å². The van der Waals surface area contributed by atoms with Gasteiger partial charge >= 0.3 is 0 Å². The number of aromatic nitrogens is 3. The molecule has 0 unspecified atom stereocenters. The van der Waals surface area contributed by atoms with Crippen LogP contribution in [0.1, 0.15) is 44.6 Å². The molecule has 8 nitrogen and oxygen atoms in total. The normalized spacial score (nSPS) is 21.0. The van der Waals surface area contributed by atoms with Gasteiger partial charge in [-0.25, -0.2) is 13.4 Å². The van der Waals surface area contributed by atoms with Crippen molar-refractivity contribution in [2.45, 2.75) is 54.7 Å². The Morgan fingerprint density at radius 2 is 2.14 bits per heavy atom. The first-order chi connectivity index (χ1) is 13.3. The third kappa shape index (κ3) is 4.00. The Balaban J connectivity index is 1.58. The highest BCUT2D eigenvalue weighted by Gasteiger charge is 2.38. The molecule has 11 heteroatoms. The number of carbonyl (C=O) groups excluding carboxylic acids is 2. The number of anilines is 1. The minimum absolute atomic E-state index is 0.0176. The quantitative estimate of drug-likeness (QED) is 0.728. The Labute approximate surface area is 165 Å². The molecule has 2 aromatic heterocycles. The zero-order chi connectivity index (χ0) is 19.9. The van der Waals surface area contributed by atoms with E-state index in [-0.39, 0.29) is 27.0 Å². The highest BCUT2D eigenvalue weighted by molar-refractivity contribution is 7.92. The number of carbonyl (C=O) groups is 2. The van der Waals surface area contributed by atoms with Crippen LogP contribution >= 0.6 is 11.3 Å². The van der Waals surface area contributed by atoms with Gasteiger partial charge in [-0.2, -0.15) is 9.49 Å². The average molecular weight is 426 g/mol. The van der Waals surface area contributed by atoms with Gasteiger partial charge in [-0.3, -0.25) is 14.3 Å². The number of amides is 1. The molecule has 150 valence electrons. The predicted molar refractivity (Wildman–Crippen MR) is 99.1 cm³/mol. The van der Waals surface area contributed by atoms with Crippen LogP contribution in [0.25, 0.3) is 0 Å². The number of rotatable bonds is 7. The molecule has 2 aliphatic carbocycles. The van der Waals surface area contributed by atoms with Crippen molar-refractivity contribution in [3.8, 4) is 0 Å². The van der Waals surface area contributed by atoms with Gasteiger partial charge in [-0.1, -0.05) is 11.3 Å². The monoisotopic (exact) mass is 426 g/mol. The molecule has 2 heterocycles. The maximum absolute atomic E-state index is 13.2. The molecule has 2 fully saturated rings. The number of sulfone groups is 1. The van der Waals surface area contributed by atoms with Gasteiger partial charge in [0, 0.05) is 19.0 Å². The number of hydrogen-bond donors (Lipinski definition) is 1.